The molecule has 1 amide bonds. The maximum Gasteiger partial charge on any atom is 0.284 e. The van der Waals surface area contributed by atoms with Crippen LogP contribution in [0.3, 0.4) is 0 Å². The normalized spacial score (nSPS) is 11.1. The van der Waals surface area contributed by atoms with Crippen molar-refractivity contribution in [3.8, 4) is 0 Å². The van der Waals surface area contributed by atoms with Gasteiger partial charge in [0.2, 0.25) is 0 Å². The second kappa shape index (κ2) is 9.62. The topological polar surface area (TPSA) is 92.6 Å². The van der Waals surface area contributed by atoms with Gasteiger partial charge in [0.05, 0.1) is 0 Å². The van der Waals surface area contributed by atoms with Gasteiger partial charge < -0.3 is 20.8 Å². The Bertz CT molecular complexity index is 443. The van der Waals surface area contributed by atoms with Crippen molar-refractivity contribution in [3.05, 3.63) is 23.7 Å². The number of primary amides is 1. The van der Waals surface area contributed by atoms with Gasteiger partial charge in [-0.15, -0.1) is 24.0 Å². The molecule has 0 saturated carbocycles. The molecule has 0 bridgehead atoms. The highest BCUT2D eigenvalue weighted by atomic mass is 127. The molecule has 0 aliphatic carbocycles. The number of aliphatic imine (C=N–C) groups is 1. The number of rotatable bonds is 6. The van der Waals surface area contributed by atoms with E-state index in [1.807, 2.05) is 6.92 Å². The number of furan rings is 1. The van der Waals surface area contributed by atoms with Gasteiger partial charge in [0.15, 0.2) is 11.7 Å². The molecule has 1 heterocycles. The molecule has 20 heavy (non-hydrogen) atoms. The highest BCUT2D eigenvalue weighted by Gasteiger charge is 2.06. The Labute approximate surface area is 136 Å². The van der Waals surface area contributed by atoms with Crippen molar-refractivity contribution in [3.63, 3.8) is 0 Å². The van der Waals surface area contributed by atoms with Gasteiger partial charge in [-0.2, -0.15) is 0 Å². The maximum atomic E-state index is 10.9. The molecule has 1 rings (SSSR count). The van der Waals surface area contributed by atoms with Gasteiger partial charge in [0.1, 0.15) is 12.3 Å². The standard InChI is InChI=1S/C13H22N4O2.HI/c1-4-15-13(16-7-9(2)3)17-8-10-5-6-11(19-10)12(14)18;/h5-6,9H,4,7-8H2,1-3H3,(H2,14,18)(H2,15,16,17);1H. The minimum absolute atomic E-state index is 0. The Morgan fingerprint density at radius 3 is 2.60 bits per heavy atom. The number of nitrogens with two attached hydrogens (primary N) is 1. The van der Waals surface area contributed by atoms with Crippen LogP contribution in [0.5, 0.6) is 0 Å². The summed E-state index contributed by atoms with van der Waals surface area (Å²) >= 11 is 0. The fraction of sp³-hybridized carbons (Fsp3) is 0.538. The van der Waals surface area contributed by atoms with Crippen molar-refractivity contribution >= 4 is 35.8 Å². The summed E-state index contributed by atoms with van der Waals surface area (Å²) in [6.45, 7) is 8.25. The summed E-state index contributed by atoms with van der Waals surface area (Å²) in [5.41, 5.74) is 5.12. The Morgan fingerprint density at radius 1 is 1.40 bits per heavy atom. The first kappa shape index (κ1) is 18.8. The van der Waals surface area contributed by atoms with E-state index in [0.717, 1.165) is 19.0 Å². The smallest absolute Gasteiger partial charge is 0.284 e. The minimum atomic E-state index is -0.569. The van der Waals surface area contributed by atoms with Gasteiger partial charge in [-0.25, -0.2) is 4.99 Å². The monoisotopic (exact) mass is 394 g/mol. The first-order valence-corrected chi connectivity index (χ1v) is 6.43. The van der Waals surface area contributed by atoms with Gasteiger partial charge in [0, 0.05) is 13.1 Å². The van der Waals surface area contributed by atoms with E-state index in [1.165, 1.54) is 0 Å². The molecule has 114 valence electrons. The largest absolute Gasteiger partial charge is 0.454 e. The Balaban J connectivity index is 0.00000361. The van der Waals surface area contributed by atoms with Crippen molar-refractivity contribution in [2.75, 3.05) is 13.1 Å². The zero-order valence-electron chi connectivity index (χ0n) is 12.1. The summed E-state index contributed by atoms with van der Waals surface area (Å²) in [5, 5.41) is 6.37. The number of carbonyl (C=O) groups excluding carboxylic acids is 1. The van der Waals surface area contributed by atoms with Crippen LogP contribution in [0.15, 0.2) is 21.5 Å². The molecule has 0 fully saturated rings. The molecular formula is C13H23IN4O2. The summed E-state index contributed by atoms with van der Waals surface area (Å²) in [6.07, 6.45) is 0. The molecule has 0 spiro atoms. The average molecular weight is 394 g/mol. The summed E-state index contributed by atoms with van der Waals surface area (Å²) in [5.74, 6) is 1.46. The first-order valence-electron chi connectivity index (χ1n) is 6.43. The molecule has 1 aromatic heterocycles. The fourth-order valence-electron chi connectivity index (χ4n) is 1.39. The molecule has 0 radical (unpaired) electrons. The quantitative estimate of drug-likeness (QED) is 0.389. The first-order chi connectivity index (χ1) is 9.02. The van der Waals surface area contributed by atoms with Gasteiger partial charge in [-0.05, 0) is 25.0 Å². The van der Waals surface area contributed by atoms with E-state index in [-0.39, 0.29) is 29.7 Å². The van der Waals surface area contributed by atoms with Crippen LogP contribution in [0.4, 0.5) is 0 Å². The average Bonchev–Trinajstić information content (AvgIpc) is 2.81. The zero-order chi connectivity index (χ0) is 14.3. The van der Waals surface area contributed by atoms with Crippen molar-refractivity contribution in [1.29, 1.82) is 0 Å². The number of hydrogen-bond donors (Lipinski definition) is 3. The van der Waals surface area contributed by atoms with Crippen LogP contribution in [0.2, 0.25) is 0 Å². The Morgan fingerprint density at radius 2 is 2.10 bits per heavy atom. The predicted molar refractivity (Wildman–Crippen MR) is 90.3 cm³/mol. The van der Waals surface area contributed by atoms with Gasteiger partial charge in [0.25, 0.3) is 5.91 Å². The molecule has 0 atom stereocenters. The number of amides is 1. The maximum absolute atomic E-state index is 10.9. The van der Waals surface area contributed by atoms with E-state index in [9.17, 15) is 4.79 Å². The molecule has 0 aliphatic heterocycles. The third kappa shape index (κ3) is 6.78. The van der Waals surface area contributed by atoms with Crippen molar-refractivity contribution in [1.82, 2.24) is 10.6 Å². The van der Waals surface area contributed by atoms with Crippen LogP contribution in [-0.4, -0.2) is 25.0 Å². The summed E-state index contributed by atoms with van der Waals surface area (Å²) in [7, 11) is 0. The lowest BCUT2D eigenvalue weighted by atomic mass is 10.2. The van der Waals surface area contributed by atoms with Crippen molar-refractivity contribution in [2.45, 2.75) is 27.3 Å². The number of guanidine groups is 1. The van der Waals surface area contributed by atoms with Crippen molar-refractivity contribution in [2.24, 2.45) is 16.6 Å². The minimum Gasteiger partial charge on any atom is -0.454 e. The third-order valence-electron chi connectivity index (χ3n) is 2.32. The number of hydrogen-bond acceptors (Lipinski definition) is 3. The third-order valence-corrected chi connectivity index (χ3v) is 2.32. The summed E-state index contributed by atoms with van der Waals surface area (Å²) in [6, 6.07) is 3.26. The van der Waals surface area contributed by atoms with Crippen LogP contribution < -0.4 is 16.4 Å². The van der Waals surface area contributed by atoms with Crippen LogP contribution in [0.1, 0.15) is 37.1 Å². The SMILES string of the molecule is CCNC(=NCc1ccc(C(N)=O)o1)NCC(C)C.I. The van der Waals surface area contributed by atoms with Gasteiger partial charge >= 0.3 is 0 Å². The van der Waals surface area contributed by atoms with Crippen LogP contribution >= 0.6 is 24.0 Å². The molecule has 4 N–H and O–H groups in total. The molecule has 0 aromatic carbocycles. The Hall–Kier alpha value is -1.25. The van der Waals surface area contributed by atoms with E-state index >= 15 is 0 Å². The number of nitrogens with one attached hydrogen (secondary N) is 2. The molecule has 6 nitrogen and oxygen atoms in total. The fourth-order valence-corrected chi connectivity index (χ4v) is 1.39. The molecule has 7 heteroatoms. The van der Waals surface area contributed by atoms with Crippen molar-refractivity contribution < 1.29 is 9.21 Å². The number of carbonyl (C=O) groups is 1. The summed E-state index contributed by atoms with van der Waals surface area (Å²) in [4.78, 5) is 15.3. The Kier molecular flexibility index (Phi) is 9.02. The van der Waals surface area contributed by atoms with E-state index in [4.69, 9.17) is 10.2 Å². The molecule has 0 aliphatic rings. The molecule has 1 aromatic rings. The van der Waals surface area contributed by atoms with Crippen LogP contribution in [0.25, 0.3) is 0 Å². The van der Waals surface area contributed by atoms with E-state index < -0.39 is 5.91 Å². The molecule has 0 saturated heterocycles. The summed E-state index contributed by atoms with van der Waals surface area (Å²) < 4.78 is 5.26. The van der Waals surface area contributed by atoms with Gasteiger partial charge in [-0.1, -0.05) is 13.8 Å². The molecule has 0 unspecified atom stereocenters. The second-order valence-electron chi connectivity index (χ2n) is 4.60. The predicted octanol–water partition coefficient (Wildman–Crippen LogP) is 1.71. The zero-order valence-corrected chi connectivity index (χ0v) is 14.4. The van der Waals surface area contributed by atoms with E-state index in [0.29, 0.717) is 18.2 Å². The van der Waals surface area contributed by atoms with Crippen LogP contribution in [0, 0.1) is 5.92 Å². The van der Waals surface area contributed by atoms with E-state index in [2.05, 4.69) is 29.5 Å². The number of halogens is 1. The lowest BCUT2D eigenvalue weighted by Crippen LogP contribution is -2.39. The van der Waals surface area contributed by atoms with E-state index in [1.54, 1.807) is 12.1 Å². The highest BCUT2D eigenvalue weighted by molar-refractivity contribution is 14.0. The highest BCUT2D eigenvalue weighted by Crippen LogP contribution is 2.08. The second-order valence-corrected chi connectivity index (χ2v) is 4.60. The lowest BCUT2D eigenvalue weighted by molar-refractivity contribution is 0.0972. The molecular weight excluding hydrogens is 371 g/mol. The number of nitrogens with zero attached hydrogens (tertiary/aromatic N) is 1. The lowest BCUT2D eigenvalue weighted by Gasteiger charge is -2.12. The van der Waals surface area contributed by atoms with Crippen LogP contribution in [-0.2, 0) is 6.54 Å². The van der Waals surface area contributed by atoms with Gasteiger partial charge in [-0.3, -0.25) is 4.79 Å².